The van der Waals surface area contributed by atoms with Crippen molar-refractivity contribution in [2.24, 2.45) is 0 Å². The smallest absolute Gasteiger partial charge is 0.315 e. The second kappa shape index (κ2) is 5.78. The zero-order chi connectivity index (χ0) is 13.8. The lowest BCUT2D eigenvalue weighted by atomic mass is 9.86. The first-order valence-electron chi connectivity index (χ1n) is 6.96. The summed E-state index contributed by atoms with van der Waals surface area (Å²) in [5, 5.41) is 5.96. The molecule has 2 aromatic carbocycles. The van der Waals surface area contributed by atoms with Gasteiger partial charge in [-0.25, -0.2) is 4.79 Å². The fraction of sp³-hybridized carbons (Fsp3) is 0.235. The molecule has 3 rings (SSSR count). The summed E-state index contributed by atoms with van der Waals surface area (Å²) < 4.78 is 0. The Kier molecular flexibility index (Phi) is 3.68. The van der Waals surface area contributed by atoms with E-state index < -0.39 is 0 Å². The highest BCUT2D eigenvalue weighted by molar-refractivity contribution is 5.75. The molecule has 2 N–H and O–H groups in total. The van der Waals surface area contributed by atoms with Crippen LogP contribution >= 0.6 is 0 Å². The average Bonchev–Trinajstić information content (AvgIpc) is 2.49. The summed E-state index contributed by atoms with van der Waals surface area (Å²) in [5.41, 5.74) is 2.52. The molecule has 3 heteroatoms. The van der Waals surface area contributed by atoms with E-state index in [0.29, 0.717) is 12.5 Å². The lowest BCUT2D eigenvalue weighted by Crippen LogP contribution is -2.54. The first-order chi connectivity index (χ1) is 9.83. The van der Waals surface area contributed by atoms with Gasteiger partial charge in [0.05, 0.1) is 0 Å². The Bertz CT molecular complexity index is 568. The molecule has 3 nitrogen and oxygen atoms in total. The van der Waals surface area contributed by atoms with Gasteiger partial charge in [-0.1, -0.05) is 60.7 Å². The third-order valence-electron chi connectivity index (χ3n) is 3.81. The molecule has 20 heavy (non-hydrogen) atoms. The number of benzene rings is 2. The summed E-state index contributed by atoms with van der Waals surface area (Å²) in [5.74, 6) is 0.300. The van der Waals surface area contributed by atoms with E-state index in [0.717, 1.165) is 6.42 Å². The highest BCUT2D eigenvalue weighted by atomic mass is 16.2. The van der Waals surface area contributed by atoms with Crippen LogP contribution in [-0.4, -0.2) is 18.6 Å². The third-order valence-corrected chi connectivity index (χ3v) is 3.81. The number of carbonyl (C=O) groups excluding carboxylic acids is 1. The summed E-state index contributed by atoms with van der Waals surface area (Å²) in [6.45, 7) is 0.688. The van der Waals surface area contributed by atoms with Gasteiger partial charge in [-0.2, -0.15) is 0 Å². The van der Waals surface area contributed by atoms with Crippen LogP contribution < -0.4 is 10.6 Å². The van der Waals surface area contributed by atoms with E-state index in [-0.39, 0.29) is 12.1 Å². The lowest BCUT2D eigenvalue weighted by Gasteiger charge is -2.33. The number of amides is 2. The van der Waals surface area contributed by atoms with Crippen molar-refractivity contribution >= 4 is 6.03 Å². The standard InChI is InChI=1S/C17H18N2O/c20-17-18-12-15(14-9-5-2-6-10-14)16(19-17)11-13-7-3-1-4-8-13/h1-10,15-16H,11-12H2,(H2,18,19,20). The zero-order valence-electron chi connectivity index (χ0n) is 11.3. The van der Waals surface area contributed by atoms with Crippen LogP contribution in [0.1, 0.15) is 17.0 Å². The van der Waals surface area contributed by atoms with Gasteiger partial charge in [0.2, 0.25) is 0 Å². The second-order valence-electron chi connectivity index (χ2n) is 5.17. The Morgan fingerprint density at radius 3 is 2.30 bits per heavy atom. The van der Waals surface area contributed by atoms with Crippen LogP contribution in [0.2, 0.25) is 0 Å². The van der Waals surface area contributed by atoms with Gasteiger partial charge in [-0.15, -0.1) is 0 Å². The van der Waals surface area contributed by atoms with E-state index in [1.165, 1.54) is 11.1 Å². The monoisotopic (exact) mass is 266 g/mol. The van der Waals surface area contributed by atoms with Crippen LogP contribution in [0, 0.1) is 0 Å². The normalized spacial score (nSPS) is 21.9. The summed E-state index contributed by atoms with van der Waals surface area (Å²) in [6.07, 6.45) is 0.855. The van der Waals surface area contributed by atoms with E-state index in [2.05, 4.69) is 34.9 Å². The van der Waals surface area contributed by atoms with Crippen LogP contribution in [-0.2, 0) is 6.42 Å². The van der Waals surface area contributed by atoms with Crippen molar-refractivity contribution in [3.8, 4) is 0 Å². The second-order valence-corrected chi connectivity index (χ2v) is 5.17. The predicted octanol–water partition coefficient (Wildman–Crippen LogP) is 2.69. The first kappa shape index (κ1) is 12.7. The Morgan fingerprint density at radius 1 is 0.950 bits per heavy atom. The van der Waals surface area contributed by atoms with E-state index in [1.54, 1.807) is 0 Å². The van der Waals surface area contributed by atoms with Gasteiger partial charge in [0.1, 0.15) is 0 Å². The van der Waals surface area contributed by atoms with E-state index in [4.69, 9.17) is 0 Å². The maximum Gasteiger partial charge on any atom is 0.315 e. The fourth-order valence-corrected chi connectivity index (χ4v) is 2.78. The number of hydrogen-bond acceptors (Lipinski definition) is 1. The molecule has 1 aliphatic rings. The molecule has 0 bridgehead atoms. The van der Waals surface area contributed by atoms with Gasteiger partial charge in [0.15, 0.2) is 0 Å². The minimum Gasteiger partial charge on any atom is -0.337 e. The molecule has 102 valence electrons. The summed E-state index contributed by atoms with van der Waals surface area (Å²) in [7, 11) is 0. The van der Waals surface area contributed by atoms with Gasteiger partial charge in [0.25, 0.3) is 0 Å². The summed E-state index contributed by atoms with van der Waals surface area (Å²) in [4.78, 5) is 11.6. The van der Waals surface area contributed by atoms with Crippen LogP contribution in [0.15, 0.2) is 60.7 Å². The minimum atomic E-state index is -0.0712. The Labute approximate surface area is 119 Å². The van der Waals surface area contributed by atoms with Crippen LogP contribution in [0.5, 0.6) is 0 Å². The number of nitrogens with one attached hydrogen (secondary N) is 2. The topological polar surface area (TPSA) is 41.1 Å². The predicted molar refractivity (Wildman–Crippen MR) is 79.7 cm³/mol. The molecular formula is C17H18N2O. The Balaban J connectivity index is 1.82. The molecule has 1 aliphatic heterocycles. The van der Waals surface area contributed by atoms with Crippen molar-refractivity contribution < 1.29 is 4.79 Å². The minimum absolute atomic E-state index is 0.0712. The van der Waals surface area contributed by atoms with Gasteiger partial charge in [0, 0.05) is 18.5 Å². The van der Waals surface area contributed by atoms with Gasteiger partial charge >= 0.3 is 6.03 Å². The van der Waals surface area contributed by atoms with E-state index in [9.17, 15) is 4.79 Å². The SMILES string of the molecule is O=C1NCC(c2ccccc2)C(Cc2ccccc2)N1. The molecule has 2 aromatic rings. The zero-order valence-corrected chi connectivity index (χ0v) is 11.3. The number of urea groups is 1. The summed E-state index contributed by atoms with van der Waals surface area (Å²) >= 11 is 0. The van der Waals surface area contributed by atoms with Gasteiger partial charge in [-0.05, 0) is 17.5 Å². The largest absolute Gasteiger partial charge is 0.337 e. The summed E-state index contributed by atoms with van der Waals surface area (Å²) in [6, 6.07) is 20.7. The molecule has 1 heterocycles. The molecule has 0 saturated carbocycles. The van der Waals surface area contributed by atoms with E-state index in [1.807, 2.05) is 36.4 Å². The Hall–Kier alpha value is -2.29. The van der Waals surface area contributed by atoms with E-state index >= 15 is 0 Å². The molecule has 0 aromatic heterocycles. The van der Waals surface area contributed by atoms with Crippen molar-refractivity contribution in [3.63, 3.8) is 0 Å². The third kappa shape index (κ3) is 2.82. The molecule has 0 spiro atoms. The maximum absolute atomic E-state index is 11.6. The highest BCUT2D eigenvalue weighted by Crippen LogP contribution is 2.23. The van der Waals surface area contributed by atoms with Crippen molar-refractivity contribution in [3.05, 3.63) is 71.8 Å². The first-order valence-corrected chi connectivity index (χ1v) is 6.96. The molecule has 2 amide bonds. The highest BCUT2D eigenvalue weighted by Gasteiger charge is 2.29. The fourth-order valence-electron chi connectivity index (χ4n) is 2.78. The van der Waals surface area contributed by atoms with Crippen LogP contribution in [0.4, 0.5) is 4.79 Å². The van der Waals surface area contributed by atoms with Crippen LogP contribution in [0.25, 0.3) is 0 Å². The van der Waals surface area contributed by atoms with Crippen molar-refractivity contribution in [1.29, 1.82) is 0 Å². The Morgan fingerprint density at radius 2 is 1.60 bits per heavy atom. The lowest BCUT2D eigenvalue weighted by molar-refractivity contribution is 0.224. The van der Waals surface area contributed by atoms with Gasteiger partial charge in [-0.3, -0.25) is 0 Å². The number of carbonyl (C=O) groups is 1. The number of hydrogen-bond donors (Lipinski definition) is 2. The van der Waals surface area contributed by atoms with Gasteiger partial charge < -0.3 is 10.6 Å². The molecule has 0 aliphatic carbocycles. The maximum atomic E-state index is 11.6. The average molecular weight is 266 g/mol. The molecule has 1 saturated heterocycles. The van der Waals surface area contributed by atoms with Crippen molar-refractivity contribution in [1.82, 2.24) is 10.6 Å². The quantitative estimate of drug-likeness (QED) is 0.881. The molecule has 2 unspecified atom stereocenters. The van der Waals surface area contributed by atoms with Crippen LogP contribution in [0.3, 0.4) is 0 Å². The van der Waals surface area contributed by atoms with Crippen molar-refractivity contribution in [2.75, 3.05) is 6.54 Å². The van der Waals surface area contributed by atoms with Crippen molar-refractivity contribution in [2.45, 2.75) is 18.4 Å². The number of rotatable bonds is 3. The molecule has 1 fully saturated rings. The molecule has 2 atom stereocenters. The molecule has 0 radical (unpaired) electrons. The molecular weight excluding hydrogens is 248 g/mol.